The number of carboxylic acid groups (broad SMARTS) is 2. The molecule has 0 amide bonds. The van der Waals surface area contributed by atoms with Gasteiger partial charge in [0.05, 0.1) is 11.1 Å². The first-order chi connectivity index (χ1) is 12.7. The van der Waals surface area contributed by atoms with Gasteiger partial charge in [0, 0.05) is 6.54 Å². The molecule has 2 rings (SSSR count). The second-order valence-electron chi connectivity index (χ2n) is 7.11. The standard InChI is InChI=1S/C18H28BrNO.C2H2O4/c1-14-7-6-9-20(13-14)8-4-5-10-21-18-16(3)11-15(2)12-17(18)19;3-1(4)2(5)6/h11-12,14H,4-10,13H2,1-3H3;(H,3,4)(H,5,6). The zero-order chi connectivity index (χ0) is 20.4. The number of piperidine rings is 1. The molecule has 1 heterocycles. The van der Waals surface area contributed by atoms with Gasteiger partial charge in [-0.15, -0.1) is 0 Å². The van der Waals surface area contributed by atoms with E-state index in [2.05, 4.69) is 53.7 Å². The third-order valence-corrected chi connectivity index (χ3v) is 5.00. The number of carboxylic acids is 2. The normalized spacial score (nSPS) is 17.0. The molecule has 0 aromatic heterocycles. The molecule has 2 N–H and O–H groups in total. The smallest absolute Gasteiger partial charge is 0.414 e. The fourth-order valence-electron chi connectivity index (χ4n) is 3.19. The molecule has 0 bridgehead atoms. The Balaban J connectivity index is 0.000000527. The lowest BCUT2D eigenvalue weighted by atomic mass is 10.0. The van der Waals surface area contributed by atoms with E-state index >= 15 is 0 Å². The van der Waals surface area contributed by atoms with Crippen molar-refractivity contribution in [1.29, 1.82) is 0 Å². The molecule has 7 heteroatoms. The summed E-state index contributed by atoms with van der Waals surface area (Å²) in [5.74, 6) is -1.77. The van der Waals surface area contributed by atoms with Crippen LogP contribution < -0.4 is 4.74 Å². The second kappa shape index (κ2) is 12.0. The van der Waals surface area contributed by atoms with Crippen molar-refractivity contribution in [2.45, 2.75) is 46.5 Å². The quantitative estimate of drug-likeness (QED) is 0.507. The number of nitrogens with zero attached hydrogens (tertiary/aromatic N) is 1. The number of rotatable bonds is 6. The van der Waals surface area contributed by atoms with Crippen molar-refractivity contribution in [2.75, 3.05) is 26.2 Å². The van der Waals surface area contributed by atoms with Crippen molar-refractivity contribution < 1.29 is 24.5 Å². The average Bonchev–Trinajstić information content (AvgIpc) is 2.57. The largest absolute Gasteiger partial charge is 0.492 e. The molecule has 1 fully saturated rings. The lowest BCUT2D eigenvalue weighted by molar-refractivity contribution is -0.159. The number of benzene rings is 1. The van der Waals surface area contributed by atoms with E-state index in [1.807, 2.05) is 0 Å². The molecule has 1 atom stereocenters. The first-order valence-electron chi connectivity index (χ1n) is 9.28. The van der Waals surface area contributed by atoms with Gasteiger partial charge in [0.2, 0.25) is 0 Å². The minimum Gasteiger partial charge on any atom is -0.492 e. The molecule has 0 spiro atoms. The van der Waals surface area contributed by atoms with Gasteiger partial charge in [-0.2, -0.15) is 0 Å². The van der Waals surface area contributed by atoms with Crippen LogP contribution in [0.5, 0.6) is 5.75 Å². The maximum Gasteiger partial charge on any atom is 0.414 e. The maximum atomic E-state index is 9.10. The number of carbonyl (C=O) groups is 2. The van der Waals surface area contributed by atoms with Gasteiger partial charge in [-0.05, 0) is 91.7 Å². The van der Waals surface area contributed by atoms with E-state index in [1.165, 1.54) is 50.0 Å². The molecule has 1 aromatic rings. The Labute approximate surface area is 169 Å². The molecule has 152 valence electrons. The molecule has 27 heavy (non-hydrogen) atoms. The molecule has 1 aliphatic heterocycles. The van der Waals surface area contributed by atoms with Crippen molar-refractivity contribution in [3.8, 4) is 5.75 Å². The number of likely N-dealkylation sites (tertiary alicyclic amines) is 1. The number of ether oxygens (including phenoxy) is 1. The Morgan fingerprint density at radius 3 is 2.44 bits per heavy atom. The summed E-state index contributed by atoms with van der Waals surface area (Å²) in [7, 11) is 0. The lowest BCUT2D eigenvalue weighted by Gasteiger charge is -2.30. The van der Waals surface area contributed by atoms with Crippen molar-refractivity contribution in [3.63, 3.8) is 0 Å². The monoisotopic (exact) mass is 443 g/mol. The van der Waals surface area contributed by atoms with Crippen molar-refractivity contribution in [3.05, 3.63) is 27.7 Å². The van der Waals surface area contributed by atoms with Crippen LogP contribution in [0.1, 0.15) is 43.7 Å². The van der Waals surface area contributed by atoms with E-state index in [9.17, 15) is 0 Å². The Morgan fingerprint density at radius 2 is 1.89 bits per heavy atom. The highest BCUT2D eigenvalue weighted by Gasteiger charge is 2.15. The van der Waals surface area contributed by atoms with Crippen molar-refractivity contribution in [2.24, 2.45) is 5.92 Å². The molecular formula is C20H30BrNO5. The fourth-order valence-corrected chi connectivity index (χ4v) is 3.98. The Morgan fingerprint density at radius 1 is 1.22 bits per heavy atom. The maximum absolute atomic E-state index is 9.10. The molecule has 1 unspecified atom stereocenters. The SMILES string of the molecule is Cc1cc(C)c(OCCCCN2CCCC(C)C2)c(Br)c1.O=C(O)C(=O)O. The fraction of sp³-hybridized carbons (Fsp3) is 0.600. The van der Waals surface area contributed by atoms with Gasteiger partial charge in [0.1, 0.15) is 5.75 Å². The van der Waals surface area contributed by atoms with E-state index in [-0.39, 0.29) is 0 Å². The third-order valence-electron chi connectivity index (χ3n) is 4.41. The Hall–Kier alpha value is -1.60. The molecule has 1 aliphatic rings. The number of hydrogen-bond donors (Lipinski definition) is 2. The molecule has 0 saturated carbocycles. The first kappa shape index (κ1) is 23.4. The summed E-state index contributed by atoms with van der Waals surface area (Å²) in [6.07, 6.45) is 5.13. The lowest BCUT2D eigenvalue weighted by Crippen LogP contribution is -2.35. The molecular weight excluding hydrogens is 414 g/mol. The highest BCUT2D eigenvalue weighted by Crippen LogP contribution is 2.30. The minimum absolute atomic E-state index is 0.811. The van der Waals surface area contributed by atoms with Crippen LogP contribution in [-0.2, 0) is 9.59 Å². The zero-order valence-electron chi connectivity index (χ0n) is 16.3. The molecule has 1 aromatic carbocycles. The van der Waals surface area contributed by atoms with E-state index in [4.69, 9.17) is 24.5 Å². The van der Waals surface area contributed by atoms with Gasteiger partial charge in [-0.25, -0.2) is 9.59 Å². The number of hydrogen-bond acceptors (Lipinski definition) is 4. The summed E-state index contributed by atoms with van der Waals surface area (Å²) in [5.41, 5.74) is 2.48. The summed E-state index contributed by atoms with van der Waals surface area (Å²) >= 11 is 3.60. The topological polar surface area (TPSA) is 87.1 Å². The molecule has 0 aliphatic carbocycles. The van der Waals surface area contributed by atoms with Crippen LogP contribution in [0.2, 0.25) is 0 Å². The predicted octanol–water partition coefficient (Wildman–Crippen LogP) is 4.11. The third kappa shape index (κ3) is 9.24. The van der Waals surface area contributed by atoms with Gasteiger partial charge in [0.25, 0.3) is 0 Å². The summed E-state index contributed by atoms with van der Waals surface area (Å²) in [6.45, 7) is 11.2. The zero-order valence-corrected chi connectivity index (χ0v) is 17.9. The number of aryl methyl sites for hydroxylation is 2. The summed E-state index contributed by atoms with van der Waals surface area (Å²) < 4.78 is 7.04. The van der Waals surface area contributed by atoms with E-state index < -0.39 is 11.9 Å². The summed E-state index contributed by atoms with van der Waals surface area (Å²) in [5, 5.41) is 14.8. The average molecular weight is 444 g/mol. The van der Waals surface area contributed by atoms with Crippen LogP contribution in [0.4, 0.5) is 0 Å². The summed E-state index contributed by atoms with van der Waals surface area (Å²) in [6, 6.07) is 4.30. The summed E-state index contributed by atoms with van der Waals surface area (Å²) in [4.78, 5) is 20.8. The Kier molecular flexibility index (Phi) is 10.4. The van der Waals surface area contributed by atoms with Gasteiger partial charge >= 0.3 is 11.9 Å². The van der Waals surface area contributed by atoms with E-state index in [0.29, 0.717) is 0 Å². The minimum atomic E-state index is -1.82. The van der Waals surface area contributed by atoms with E-state index in [1.54, 1.807) is 0 Å². The number of halogens is 1. The number of aliphatic carboxylic acids is 2. The van der Waals surface area contributed by atoms with Crippen LogP contribution >= 0.6 is 15.9 Å². The van der Waals surface area contributed by atoms with Gasteiger partial charge in [-0.1, -0.05) is 13.0 Å². The van der Waals surface area contributed by atoms with Crippen LogP contribution in [0.25, 0.3) is 0 Å². The highest BCUT2D eigenvalue weighted by atomic mass is 79.9. The second-order valence-corrected chi connectivity index (χ2v) is 7.96. The van der Waals surface area contributed by atoms with Crippen LogP contribution in [0.3, 0.4) is 0 Å². The molecule has 1 saturated heterocycles. The van der Waals surface area contributed by atoms with Crippen molar-refractivity contribution in [1.82, 2.24) is 4.90 Å². The van der Waals surface area contributed by atoms with Crippen molar-refractivity contribution >= 4 is 27.9 Å². The first-order valence-corrected chi connectivity index (χ1v) is 10.1. The van der Waals surface area contributed by atoms with E-state index in [0.717, 1.165) is 29.2 Å². The van der Waals surface area contributed by atoms with Crippen LogP contribution in [-0.4, -0.2) is 53.3 Å². The van der Waals surface area contributed by atoms with Crippen LogP contribution in [0, 0.1) is 19.8 Å². The Bertz CT molecular complexity index is 600. The van der Waals surface area contributed by atoms with Gasteiger partial charge in [0.15, 0.2) is 0 Å². The van der Waals surface area contributed by atoms with Gasteiger partial charge < -0.3 is 19.8 Å². The number of unbranched alkanes of at least 4 members (excludes halogenated alkanes) is 1. The highest BCUT2D eigenvalue weighted by molar-refractivity contribution is 9.10. The molecule has 6 nitrogen and oxygen atoms in total. The molecule has 0 radical (unpaired) electrons. The van der Waals surface area contributed by atoms with Crippen LogP contribution in [0.15, 0.2) is 16.6 Å². The van der Waals surface area contributed by atoms with Gasteiger partial charge in [-0.3, -0.25) is 0 Å². The predicted molar refractivity (Wildman–Crippen MR) is 108 cm³/mol.